The van der Waals surface area contributed by atoms with Crippen molar-refractivity contribution in [3.63, 3.8) is 0 Å². The number of aliphatic carboxylic acids is 1. The van der Waals surface area contributed by atoms with Gasteiger partial charge in [0.2, 0.25) is 11.8 Å². The van der Waals surface area contributed by atoms with Crippen molar-refractivity contribution in [3.05, 3.63) is 18.3 Å². The number of pyridine rings is 1. The lowest BCUT2D eigenvalue weighted by Crippen LogP contribution is -2.49. The van der Waals surface area contributed by atoms with E-state index in [9.17, 15) is 14.4 Å². The molecule has 3 amide bonds. The van der Waals surface area contributed by atoms with Crippen molar-refractivity contribution >= 4 is 23.6 Å². The second kappa shape index (κ2) is 7.50. The van der Waals surface area contributed by atoms with Crippen molar-refractivity contribution in [2.75, 3.05) is 11.4 Å². The van der Waals surface area contributed by atoms with Crippen LogP contribution in [0.25, 0.3) is 0 Å². The number of hydrogen-bond donors (Lipinski definition) is 2. The minimum Gasteiger partial charge on any atom is -0.481 e. The Balaban J connectivity index is 1.52. The molecule has 1 aromatic heterocycles. The average molecular weight is 347 g/mol. The zero-order valence-electron chi connectivity index (χ0n) is 13.8. The van der Waals surface area contributed by atoms with Gasteiger partial charge in [0.15, 0.2) is 0 Å². The van der Waals surface area contributed by atoms with Crippen LogP contribution in [0.15, 0.2) is 18.3 Å². The fraction of sp³-hybridized carbons (Fsp3) is 0.529. The predicted octanol–water partition coefficient (Wildman–Crippen LogP) is 1.94. The van der Waals surface area contributed by atoms with Crippen molar-refractivity contribution < 1.29 is 24.2 Å². The minimum absolute atomic E-state index is 0.0410. The van der Waals surface area contributed by atoms with Crippen LogP contribution in [0, 0.1) is 5.92 Å². The van der Waals surface area contributed by atoms with E-state index in [2.05, 4.69) is 10.3 Å². The molecule has 0 spiro atoms. The number of carboxylic acids is 1. The van der Waals surface area contributed by atoms with E-state index in [1.54, 1.807) is 18.3 Å². The first-order valence-corrected chi connectivity index (χ1v) is 8.47. The van der Waals surface area contributed by atoms with Crippen molar-refractivity contribution in [1.82, 2.24) is 10.3 Å². The van der Waals surface area contributed by atoms with Gasteiger partial charge in [-0.2, -0.15) is 0 Å². The summed E-state index contributed by atoms with van der Waals surface area (Å²) in [6, 6.07) is 3.01. The van der Waals surface area contributed by atoms with Gasteiger partial charge in [0.1, 0.15) is 6.10 Å². The first-order chi connectivity index (χ1) is 12.0. The minimum atomic E-state index is -0.745. The maximum atomic E-state index is 11.8. The molecule has 0 bridgehead atoms. The van der Waals surface area contributed by atoms with Gasteiger partial charge in [-0.15, -0.1) is 0 Å². The topological polar surface area (TPSA) is 109 Å². The molecule has 2 aliphatic rings. The van der Waals surface area contributed by atoms with Crippen molar-refractivity contribution in [2.45, 2.75) is 44.6 Å². The van der Waals surface area contributed by atoms with Crippen LogP contribution >= 0.6 is 0 Å². The molecule has 134 valence electrons. The number of aromatic nitrogens is 1. The van der Waals surface area contributed by atoms with Crippen LogP contribution in [0.4, 0.5) is 10.5 Å². The van der Waals surface area contributed by atoms with Crippen LogP contribution in [-0.2, 0) is 9.59 Å². The number of carbonyl (C=O) groups is 3. The van der Waals surface area contributed by atoms with Crippen LogP contribution in [0.2, 0.25) is 0 Å². The molecular formula is C17H21N3O5. The molecule has 8 nitrogen and oxygen atoms in total. The number of rotatable bonds is 5. The predicted molar refractivity (Wildman–Crippen MR) is 88.4 cm³/mol. The summed E-state index contributed by atoms with van der Waals surface area (Å²) in [6.45, 7) is 0.333. The van der Waals surface area contributed by atoms with E-state index in [1.165, 1.54) is 4.90 Å². The number of imide groups is 1. The smallest absolute Gasteiger partial charge is 0.328 e. The Bertz CT molecular complexity index is 653. The summed E-state index contributed by atoms with van der Waals surface area (Å²) in [4.78, 5) is 39.5. The highest BCUT2D eigenvalue weighted by molar-refractivity contribution is 6.05. The average Bonchev–Trinajstić information content (AvgIpc) is 2.57. The van der Waals surface area contributed by atoms with E-state index in [4.69, 9.17) is 9.84 Å². The quantitative estimate of drug-likeness (QED) is 0.842. The fourth-order valence-corrected chi connectivity index (χ4v) is 3.28. The van der Waals surface area contributed by atoms with Crippen molar-refractivity contribution in [1.29, 1.82) is 0 Å². The summed E-state index contributed by atoms with van der Waals surface area (Å²) in [5, 5.41) is 11.1. The van der Waals surface area contributed by atoms with Crippen LogP contribution in [0.1, 0.15) is 38.5 Å². The molecule has 0 aromatic carbocycles. The maximum Gasteiger partial charge on any atom is 0.328 e. The number of nitrogens with one attached hydrogen (secondary N) is 1. The van der Waals surface area contributed by atoms with Crippen molar-refractivity contribution in [2.24, 2.45) is 5.92 Å². The SMILES string of the molecule is O=C(O)C[C@H]1CC[C@H](Oc2ccc(N3CCC(=O)NC3=O)cn2)CC1. The number of nitrogens with zero attached hydrogens (tertiary/aromatic N) is 2. The second-order valence-electron chi connectivity index (χ2n) is 6.47. The Hall–Kier alpha value is -2.64. The zero-order chi connectivity index (χ0) is 17.8. The van der Waals surface area contributed by atoms with Gasteiger partial charge in [-0.05, 0) is 37.7 Å². The number of amides is 3. The molecule has 2 N–H and O–H groups in total. The van der Waals surface area contributed by atoms with Gasteiger partial charge >= 0.3 is 12.0 Å². The van der Waals surface area contributed by atoms with E-state index in [1.807, 2.05) is 0 Å². The second-order valence-corrected chi connectivity index (χ2v) is 6.47. The molecule has 0 unspecified atom stereocenters. The number of urea groups is 1. The zero-order valence-corrected chi connectivity index (χ0v) is 13.8. The van der Waals surface area contributed by atoms with Gasteiger partial charge in [-0.1, -0.05) is 0 Å². The summed E-state index contributed by atoms with van der Waals surface area (Å²) in [6.07, 6.45) is 5.41. The molecule has 1 aromatic rings. The summed E-state index contributed by atoms with van der Waals surface area (Å²) in [5.74, 6) is -0.301. The van der Waals surface area contributed by atoms with Gasteiger partial charge in [-0.3, -0.25) is 19.8 Å². The normalized spacial score (nSPS) is 23.9. The highest BCUT2D eigenvalue weighted by Gasteiger charge is 2.26. The van der Waals surface area contributed by atoms with Gasteiger partial charge in [0, 0.05) is 25.5 Å². The Morgan fingerprint density at radius 2 is 2.04 bits per heavy atom. The van der Waals surface area contributed by atoms with Crippen molar-refractivity contribution in [3.8, 4) is 5.88 Å². The Morgan fingerprint density at radius 1 is 1.28 bits per heavy atom. The summed E-state index contributed by atoms with van der Waals surface area (Å²) in [5.41, 5.74) is 0.613. The lowest BCUT2D eigenvalue weighted by molar-refractivity contribution is -0.138. The molecular weight excluding hydrogens is 326 g/mol. The molecule has 2 heterocycles. The van der Waals surface area contributed by atoms with Crippen LogP contribution in [-0.4, -0.2) is 40.6 Å². The Labute approximate surface area is 145 Å². The molecule has 0 atom stereocenters. The summed E-state index contributed by atoms with van der Waals surface area (Å²) < 4.78 is 5.86. The molecule has 1 saturated heterocycles. The van der Waals surface area contributed by atoms with E-state index in [-0.39, 0.29) is 30.8 Å². The molecule has 25 heavy (non-hydrogen) atoms. The summed E-state index contributed by atoms with van der Waals surface area (Å²) >= 11 is 0. The molecule has 1 aliphatic heterocycles. The number of carbonyl (C=O) groups excluding carboxylic acids is 2. The van der Waals surface area contributed by atoms with Gasteiger partial charge < -0.3 is 9.84 Å². The number of hydrogen-bond acceptors (Lipinski definition) is 5. The highest BCUT2D eigenvalue weighted by Crippen LogP contribution is 2.29. The Kier molecular flexibility index (Phi) is 5.16. The molecule has 8 heteroatoms. The molecule has 1 saturated carbocycles. The molecule has 2 fully saturated rings. The number of anilines is 1. The van der Waals surface area contributed by atoms with Gasteiger partial charge in [0.25, 0.3) is 0 Å². The van der Waals surface area contributed by atoms with E-state index < -0.39 is 12.0 Å². The Morgan fingerprint density at radius 3 is 2.64 bits per heavy atom. The first kappa shape index (κ1) is 17.2. The lowest BCUT2D eigenvalue weighted by Gasteiger charge is -2.28. The van der Waals surface area contributed by atoms with Crippen LogP contribution < -0.4 is 15.0 Å². The first-order valence-electron chi connectivity index (χ1n) is 8.47. The molecule has 1 aliphatic carbocycles. The highest BCUT2D eigenvalue weighted by atomic mass is 16.5. The third-order valence-corrected chi connectivity index (χ3v) is 4.63. The standard InChI is InChI=1S/C17H21N3O5/c21-14-7-8-20(17(24)19-14)12-3-6-15(18-10-12)25-13-4-1-11(2-5-13)9-16(22)23/h3,6,10-11,13H,1-2,4-5,7-9H2,(H,22,23)(H,19,21,24)/t11-,13-. The van der Waals surface area contributed by atoms with Crippen LogP contribution in [0.5, 0.6) is 5.88 Å². The number of carboxylic acid groups (broad SMARTS) is 1. The summed E-state index contributed by atoms with van der Waals surface area (Å²) in [7, 11) is 0. The van der Waals surface area contributed by atoms with Gasteiger partial charge in [0.05, 0.1) is 11.9 Å². The third kappa shape index (κ3) is 4.46. The number of ether oxygens (including phenoxy) is 1. The third-order valence-electron chi connectivity index (χ3n) is 4.63. The maximum absolute atomic E-state index is 11.8. The van der Waals surface area contributed by atoms with E-state index in [0.29, 0.717) is 18.1 Å². The fourth-order valence-electron chi connectivity index (χ4n) is 3.28. The largest absolute Gasteiger partial charge is 0.481 e. The van der Waals surface area contributed by atoms with E-state index >= 15 is 0 Å². The lowest BCUT2D eigenvalue weighted by atomic mass is 9.85. The van der Waals surface area contributed by atoms with Gasteiger partial charge in [-0.25, -0.2) is 9.78 Å². The van der Waals surface area contributed by atoms with E-state index in [0.717, 1.165) is 25.7 Å². The monoisotopic (exact) mass is 347 g/mol. The molecule has 3 rings (SSSR count). The molecule has 0 radical (unpaired) electrons. The van der Waals surface area contributed by atoms with Crippen LogP contribution in [0.3, 0.4) is 0 Å².